The van der Waals surface area contributed by atoms with Crippen LogP contribution >= 0.6 is 0 Å². The smallest absolute Gasteiger partial charge is 0.410 e. The first-order valence-electron chi connectivity index (χ1n) is 17.3. The van der Waals surface area contributed by atoms with E-state index >= 15 is 0 Å². The molecule has 1 saturated heterocycles. The van der Waals surface area contributed by atoms with Crippen LogP contribution in [0.1, 0.15) is 46.6 Å². The molecule has 51 heavy (non-hydrogen) atoms. The van der Waals surface area contributed by atoms with E-state index in [-0.39, 0.29) is 37.9 Å². The third-order valence-electron chi connectivity index (χ3n) is 8.71. The van der Waals surface area contributed by atoms with Gasteiger partial charge in [0.25, 0.3) is 0 Å². The van der Waals surface area contributed by atoms with E-state index < -0.39 is 0 Å². The normalized spacial score (nSPS) is 15.5. The van der Waals surface area contributed by atoms with Crippen LogP contribution in [-0.2, 0) is 34.0 Å². The first-order chi connectivity index (χ1) is 25.0. The van der Waals surface area contributed by atoms with Crippen molar-refractivity contribution in [2.45, 2.75) is 51.6 Å². The van der Waals surface area contributed by atoms with Crippen molar-refractivity contribution in [1.29, 1.82) is 0 Å². The molecule has 1 amide bonds. The second-order valence-corrected chi connectivity index (χ2v) is 12.3. The van der Waals surface area contributed by atoms with Gasteiger partial charge in [0.05, 0.1) is 59.3 Å². The number of hydrogen-bond donors (Lipinski definition) is 0. The number of azide groups is 1. The number of piperidine rings is 1. The van der Waals surface area contributed by atoms with E-state index in [0.29, 0.717) is 45.3 Å². The van der Waals surface area contributed by atoms with Crippen LogP contribution in [0.15, 0.2) is 102 Å². The zero-order valence-electron chi connectivity index (χ0n) is 29.3. The highest BCUT2D eigenvalue weighted by atomic mass is 16.6. The highest BCUT2D eigenvalue weighted by molar-refractivity contribution is 5.68. The number of benzene rings is 4. The summed E-state index contributed by atoms with van der Waals surface area (Å²) in [6.45, 7) is 5.61. The van der Waals surface area contributed by atoms with E-state index in [1.54, 1.807) is 12.0 Å². The maximum absolute atomic E-state index is 13.1. The standard InChI is InChI=1S/C40H46N4O7/c1-30-13-14-32(25-38(30)49-24-20-42-43-41)28-50-39-26-44(40(45)51-27-31-9-4-3-5-10-31)21-19-36(39)33-15-17-35(18-16-33)48-23-8-22-47-29-34-11-6-7-12-37(34)46-2/h3-7,9-18,25,36,39H,8,19-24,26-29H2,1-2H3. The van der Waals surface area contributed by atoms with Gasteiger partial charge in [0.2, 0.25) is 0 Å². The quantitative estimate of drug-likeness (QED) is 0.0443. The summed E-state index contributed by atoms with van der Waals surface area (Å²) < 4.78 is 35.3. The summed E-state index contributed by atoms with van der Waals surface area (Å²) in [4.78, 5) is 17.7. The van der Waals surface area contributed by atoms with Gasteiger partial charge < -0.3 is 33.3 Å². The van der Waals surface area contributed by atoms with E-state index in [1.165, 1.54) is 0 Å². The Morgan fingerprint density at radius 3 is 2.47 bits per heavy atom. The fraction of sp³-hybridized carbons (Fsp3) is 0.375. The van der Waals surface area contributed by atoms with Crippen LogP contribution in [0, 0.1) is 6.92 Å². The number of nitrogens with zero attached hydrogens (tertiary/aromatic N) is 4. The minimum Gasteiger partial charge on any atom is -0.496 e. The van der Waals surface area contributed by atoms with E-state index in [1.807, 2.05) is 91.9 Å². The Kier molecular flexibility index (Phi) is 14.4. The Bertz CT molecular complexity index is 1710. The van der Waals surface area contributed by atoms with Crippen LogP contribution in [0.2, 0.25) is 0 Å². The molecule has 2 atom stereocenters. The molecule has 0 radical (unpaired) electrons. The van der Waals surface area contributed by atoms with Gasteiger partial charge in [-0.2, -0.15) is 0 Å². The van der Waals surface area contributed by atoms with Crippen molar-refractivity contribution in [1.82, 2.24) is 4.90 Å². The topological polar surface area (TPSA) is 124 Å². The van der Waals surface area contributed by atoms with E-state index in [2.05, 4.69) is 22.2 Å². The number of amides is 1. The largest absolute Gasteiger partial charge is 0.496 e. The molecule has 4 aromatic rings. The third kappa shape index (κ3) is 11.4. The summed E-state index contributed by atoms with van der Waals surface area (Å²) >= 11 is 0. The number of carbonyl (C=O) groups excluding carboxylic acids is 1. The molecule has 0 saturated carbocycles. The van der Waals surface area contributed by atoms with Gasteiger partial charge in [0.1, 0.15) is 23.9 Å². The molecule has 2 unspecified atom stereocenters. The zero-order chi connectivity index (χ0) is 35.7. The molecule has 0 aromatic heterocycles. The van der Waals surface area contributed by atoms with Crippen LogP contribution in [0.4, 0.5) is 4.79 Å². The van der Waals surface area contributed by atoms with Crippen molar-refractivity contribution in [2.24, 2.45) is 5.11 Å². The molecule has 0 aliphatic carbocycles. The monoisotopic (exact) mass is 694 g/mol. The molecular weight excluding hydrogens is 648 g/mol. The van der Waals surface area contributed by atoms with Crippen LogP contribution < -0.4 is 14.2 Å². The number of likely N-dealkylation sites (tertiary alicyclic amines) is 1. The van der Waals surface area contributed by atoms with E-state index in [4.69, 9.17) is 34.0 Å². The average Bonchev–Trinajstić information content (AvgIpc) is 3.17. The highest BCUT2D eigenvalue weighted by Gasteiger charge is 2.34. The van der Waals surface area contributed by atoms with Crippen molar-refractivity contribution in [3.05, 3.63) is 135 Å². The molecule has 0 N–H and O–H groups in total. The number of aryl methyl sites for hydroxylation is 1. The molecule has 1 aliphatic rings. The first-order valence-corrected chi connectivity index (χ1v) is 17.3. The fourth-order valence-corrected chi connectivity index (χ4v) is 5.94. The van der Waals surface area contributed by atoms with E-state index in [9.17, 15) is 4.79 Å². The predicted octanol–water partition coefficient (Wildman–Crippen LogP) is 8.39. The maximum Gasteiger partial charge on any atom is 0.410 e. The summed E-state index contributed by atoms with van der Waals surface area (Å²) in [6, 6.07) is 31.6. The molecule has 1 heterocycles. The molecule has 0 bridgehead atoms. The van der Waals surface area contributed by atoms with Crippen LogP contribution in [-0.4, -0.2) is 63.7 Å². The second kappa shape index (κ2) is 19.8. The summed E-state index contributed by atoms with van der Waals surface area (Å²) in [5, 5.41) is 3.54. The lowest BCUT2D eigenvalue weighted by Crippen LogP contribution is -2.47. The molecule has 11 nitrogen and oxygen atoms in total. The van der Waals surface area contributed by atoms with Crippen LogP contribution in [0.3, 0.4) is 0 Å². The van der Waals surface area contributed by atoms with Gasteiger partial charge in [0, 0.05) is 29.4 Å². The van der Waals surface area contributed by atoms with Crippen molar-refractivity contribution >= 4 is 6.09 Å². The van der Waals surface area contributed by atoms with Crippen LogP contribution in [0.5, 0.6) is 17.2 Å². The number of para-hydroxylation sites is 1. The number of ether oxygens (including phenoxy) is 6. The number of rotatable bonds is 18. The third-order valence-corrected chi connectivity index (χ3v) is 8.71. The second-order valence-electron chi connectivity index (χ2n) is 12.3. The lowest BCUT2D eigenvalue weighted by atomic mass is 9.87. The minimum atomic E-state index is -0.354. The van der Waals surface area contributed by atoms with Gasteiger partial charge in [-0.05, 0) is 65.4 Å². The van der Waals surface area contributed by atoms with Crippen molar-refractivity contribution in [3.63, 3.8) is 0 Å². The molecule has 0 spiro atoms. The first kappa shape index (κ1) is 37.0. The lowest BCUT2D eigenvalue weighted by Gasteiger charge is -2.38. The highest BCUT2D eigenvalue weighted by Crippen LogP contribution is 2.33. The Labute approximate surface area is 299 Å². The molecule has 1 aliphatic heterocycles. The summed E-state index contributed by atoms with van der Waals surface area (Å²) in [7, 11) is 1.66. The van der Waals surface area contributed by atoms with Gasteiger partial charge in [-0.3, -0.25) is 0 Å². The lowest BCUT2D eigenvalue weighted by molar-refractivity contribution is -0.0246. The number of hydrogen-bond acceptors (Lipinski definition) is 8. The predicted molar refractivity (Wildman–Crippen MR) is 194 cm³/mol. The molecule has 5 rings (SSSR count). The zero-order valence-corrected chi connectivity index (χ0v) is 29.3. The van der Waals surface area contributed by atoms with Gasteiger partial charge in [0.15, 0.2) is 0 Å². The summed E-state index contributed by atoms with van der Waals surface area (Å²) in [5.74, 6) is 2.39. The Morgan fingerprint density at radius 2 is 1.67 bits per heavy atom. The maximum atomic E-state index is 13.1. The molecule has 1 fully saturated rings. The van der Waals surface area contributed by atoms with Gasteiger partial charge in [-0.1, -0.05) is 77.9 Å². The van der Waals surface area contributed by atoms with Gasteiger partial charge in [-0.15, -0.1) is 0 Å². The van der Waals surface area contributed by atoms with Gasteiger partial charge >= 0.3 is 6.09 Å². The molecule has 268 valence electrons. The number of carbonyl (C=O) groups is 1. The van der Waals surface area contributed by atoms with Crippen molar-refractivity contribution in [2.75, 3.05) is 46.6 Å². The SMILES string of the molecule is COc1ccccc1COCCCOc1ccc(C2CCN(C(=O)OCc3ccccc3)CC2OCc2ccc(C)c(OCCN=[N+]=[N-])c2)cc1. The Morgan fingerprint density at radius 1 is 0.863 bits per heavy atom. The Hall–Kier alpha value is -5.22. The van der Waals surface area contributed by atoms with Gasteiger partial charge in [-0.25, -0.2) is 4.79 Å². The van der Waals surface area contributed by atoms with E-state index in [0.717, 1.165) is 52.2 Å². The molecule has 11 heteroatoms. The van der Waals surface area contributed by atoms with Crippen LogP contribution in [0.25, 0.3) is 10.4 Å². The number of methoxy groups -OCH3 is 1. The Balaban J connectivity index is 1.17. The minimum absolute atomic E-state index is 0.0608. The fourth-order valence-electron chi connectivity index (χ4n) is 5.94. The molecule has 4 aromatic carbocycles. The van der Waals surface area contributed by atoms with Crippen molar-refractivity contribution < 1.29 is 33.2 Å². The summed E-state index contributed by atoms with van der Waals surface area (Å²) in [6.07, 6.45) is 0.847. The molecular formula is C40H46N4O7. The summed E-state index contributed by atoms with van der Waals surface area (Å²) in [5.41, 5.74) is 13.5. The average molecular weight is 695 g/mol. The van der Waals surface area contributed by atoms with Crippen molar-refractivity contribution in [3.8, 4) is 17.2 Å².